The van der Waals surface area contributed by atoms with Crippen molar-refractivity contribution in [2.24, 2.45) is 33.8 Å². The number of rotatable bonds is 19. The molecule has 0 saturated carbocycles. The second kappa shape index (κ2) is 18.7. The molecule has 14 heteroatoms. The van der Waals surface area contributed by atoms with Crippen LogP contribution in [0.5, 0.6) is 0 Å². The largest absolute Gasteiger partial charge is 0.480 e. The van der Waals surface area contributed by atoms with Crippen LogP contribution in [0.4, 0.5) is 0 Å². The lowest BCUT2D eigenvalue weighted by Gasteiger charge is -2.26. The van der Waals surface area contributed by atoms with Crippen molar-refractivity contribution in [1.29, 1.82) is 0 Å². The van der Waals surface area contributed by atoms with Crippen LogP contribution in [0.25, 0.3) is 0 Å². The van der Waals surface area contributed by atoms with Crippen molar-refractivity contribution >= 4 is 41.4 Å². The van der Waals surface area contributed by atoms with Crippen LogP contribution in [0, 0.1) is 5.92 Å². The van der Waals surface area contributed by atoms with E-state index in [1.165, 1.54) is 11.8 Å². The van der Waals surface area contributed by atoms with Crippen LogP contribution in [0.15, 0.2) is 4.99 Å². The molecule has 0 aromatic heterocycles. The zero-order chi connectivity index (χ0) is 27.7. The second-order valence-corrected chi connectivity index (χ2v) is 9.80. The monoisotopic (exact) mass is 532 g/mol. The normalized spacial score (nSPS) is 14.3. The Morgan fingerprint density at radius 3 is 2.00 bits per heavy atom. The van der Waals surface area contributed by atoms with E-state index in [9.17, 15) is 24.3 Å². The summed E-state index contributed by atoms with van der Waals surface area (Å²) in [5.41, 5.74) is 22.1. The number of carboxylic acid groups (broad SMARTS) is 1. The fourth-order valence-corrected chi connectivity index (χ4v) is 3.71. The standard InChI is InChI=1S/C22H44N8O5S/c1-13(2)17(21(34)35)30-20(33)15(8-6-11-27-22(25)26)29-19(32)16(9-12-36-3)28-18(31)14(24)7-4-5-10-23/h13-17H,4-12,23-24H2,1-3H3,(H,28,31)(H,29,32)(H,30,33)(H,34,35)(H4,25,26,27). The molecular formula is C22H44N8O5S. The molecule has 0 fully saturated rings. The Balaban J connectivity index is 5.51. The number of unbranched alkanes of at least 4 members (excludes halogenated alkanes) is 1. The highest BCUT2D eigenvalue weighted by Crippen LogP contribution is 2.08. The fourth-order valence-electron chi connectivity index (χ4n) is 3.24. The van der Waals surface area contributed by atoms with E-state index in [4.69, 9.17) is 22.9 Å². The number of carbonyl (C=O) groups is 4. The van der Waals surface area contributed by atoms with E-state index in [0.29, 0.717) is 38.0 Å². The van der Waals surface area contributed by atoms with Crippen LogP contribution in [-0.2, 0) is 19.2 Å². The number of nitrogens with one attached hydrogen (secondary N) is 3. The summed E-state index contributed by atoms with van der Waals surface area (Å²) in [6.07, 6.45) is 4.55. The van der Waals surface area contributed by atoms with Gasteiger partial charge >= 0.3 is 5.97 Å². The summed E-state index contributed by atoms with van der Waals surface area (Å²) in [7, 11) is 0. The first-order valence-corrected chi connectivity index (χ1v) is 13.5. The molecule has 0 aromatic carbocycles. The third-order valence-electron chi connectivity index (χ3n) is 5.36. The molecule has 0 aliphatic carbocycles. The molecule has 13 nitrogen and oxygen atoms in total. The number of nitrogens with two attached hydrogens (primary N) is 4. The topological polar surface area (TPSA) is 241 Å². The lowest BCUT2D eigenvalue weighted by atomic mass is 10.0. The minimum Gasteiger partial charge on any atom is -0.480 e. The van der Waals surface area contributed by atoms with Crippen LogP contribution in [0.1, 0.15) is 52.4 Å². The average molecular weight is 533 g/mol. The van der Waals surface area contributed by atoms with E-state index in [1.54, 1.807) is 13.8 Å². The van der Waals surface area contributed by atoms with Crippen LogP contribution in [-0.4, -0.2) is 84.0 Å². The van der Waals surface area contributed by atoms with E-state index in [1.807, 2.05) is 6.26 Å². The smallest absolute Gasteiger partial charge is 0.326 e. The summed E-state index contributed by atoms with van der Waals surface area (Å²) in [4.78, 5) is 54.0. The first-order chi connectivity index (χ1) is 16.9. The first-order valence-electron chi connectivity index (χ1n) is 12.1. The van der Waals surface area contributed by atoms with E-state index in [2.05, 4.69) is 20.9 Å². The number of amides is 3. The van der Waals surface area contributed by atoms with Gasteiger partial charge in [0.05, 0.1) is 6.04 Å². The molecule has 12 N–H and O–H groups in total. The number of aliphatic imine (C=N–C) groups is 1. The Labute approximate surface area is 217 Å². The Kier molecular flexibility index (Phi) is 17.3. The van der Waals surface area contributed by atoms with Crippen LogP contribution >= 0.6 is 11.8 Å². The minimum absolute atomic E-state index is 0.103. The number of carboxylic acids is 1. The highest BCUT2D eigenvalue weighted by molar-refractivity contribution is 7.98. The highest BCUT2D eigenvalue weighted by atomic mass is 32.2. The molecule has 36 heavy (non-hydrogen) atoms. The number of carbonyl (C=O) groups excluding carboxylic acids is 3. The van der Waals surface area contributed by atoms with Crippen molar-refractivity contribution in [1.82, 2.24) is 16.0 Å². The van der Waals surface area contributed by atoms with Crippen molar-refractivity contribution in [3.05, 3.63) is 0 Å². The summed E-state index contributed by atoms with van der Waals surface area (Å²) in [6, 6.07) is -3.90. The Morgan fingerprint density at radius 2 is 1.47 bits per heavy atom. The maximum absolute atomic E-state index is 13.1. The summed E-state index contributed by atoms with van der Waals surface area (Å²) in [5, 5.41) is 17.2. The molecule has 4 atom stereocenters. The molecule has 0 spiro atoms. The third kappa shape index (κ3) is 14.1. The lowest BCUT2D eigenvalue weighted by molar-refractivity contribution is -0.143. The summed E-state index contributed by atoms with van der Waals surface area (Å²) in [5.74, 6) is -2.76. The number of aliphatic carboxylic acids is 1. The second-order valence-electron chi connectivity index (χ2n) is 8.81. The molecule has 0 aliphatic rings. The maximum atomic E-state index is 13.1. The quantitative estimate of drug-likeness (QED) is 0.0540. The van der Waals surface area contributed by atoms with Gasteiger partial charge in [0.2, 0.25) is 17.7 Å². The Bertz CT molecular complexity index is 733. The van der Waals surface area contributed by atoms with E-state index < -0.39 is 47.9 Å². The van der Waals surface area contributed by atoms with Gasteiger partial charge in [0.1, 0.15) is 18.1 Å². The van der Waals surface area contributed by atoms with Gasteiger partial charge in [-0.3, -0.25) is 19.4 Å². The predicted octanol–water partition coefficient (Wildman–Crippen LogP) is -1.56. The number of thioether (sulfide) groups is 1. The van der Waals surface area contributed by atoms with Gasteiger partial charge in [-0.15, -0.1) is 0 Å². The van der Waals surface area contributed by atoms with Gasteiger partial charge in [0.15, 0.2) is 5.96 Å². The van der Waals surface area contributed by atoms with E-state index in [-0.39, 0.29) is 24.8 Å². The van der Waals surface area contributed by atoms with Gasteiger partial charge < -0.3 is 44.0 Å². The van der Waals surface area contributed by atoms with Gasteiger partial charge in [0, 0.05) is 6.54 Å². The van der Waals surface area contributed by atoms with Crippen molar-refractivity contribution in [2.75, 3.05) is 25.1 Å². The van der Waals surface area contributed by atoms with Crippen LogP contribution < -0.4 is 38.9 Å². The molecule has 208 valence electrons. The van der Waals surface area contributed by atoms with Gasteiger partial charge in [-0.05, 0) is 56.6 Å². The zero-order valence-corrected chi connectivity index (χ0v) is 22.3. The maximum Gasteiger partial charge on any atom is 0.326 e. The van der Waals surface area contributed by atoms with E-state index in [0.717, 1.165) is 6.42 Å². The molecule has 4 unspecified atom stereocenters. The molecular weight excluding hydrogens is 488 g/mol. The van der Waals surface area contributed by atoms with Gasteiger partial charge in [-0.25, -0.2) is 4.79 Å². The molecule has 0 saturated heterocycles. The Morgan fingerprint density at radius 1 is 0.889 bits per heavy atom. The third-order valence-corrected chi connectivity index (χ3v) is 6.00. The van der Waals surface area contributed by atoms with Crippen molar-refractivity contribution in [3.63, 3.8) is 0 Å². The van der Waals surface area contributed by atoms with Crippen molar-refractivity contribution in [3.8, 4) is 0 Å². The molecule has 0 aromatic rings. The number of hydrogen-bond donors (Lipinski definition) is 8. The SMILES string of the molecule is CSCCC(NC(=O)C(N)CCCCN)C(=O)NC(CCCN=C(N)N)C(=O)NC(C(=O)O)C(C)C. The summed E-state index contributed by atoms with van der Waals surface area (Å²) in [6.45, 7) is 4.05. The van der Waals surface area contributed by atoms with Crippen molar-refractivity contribution < 1.29 is 24.3 Å². The lowest BCUT2D eigenvalue weighted by Crippen LogP contribution is -2.57. The molecule has 3 amide bonds. The van der Waals surface area contributed by atoms with Gasteiger partial charge in [0.25, 0.3) is 0 Å². The zero-order valence-electron chi connectivity index (χ0n) is 21.5. The predicted molar refractivity (Wildman–Crippen MR) is 142 cm³/mol. The number of guanidine groups is 1. The molecule has 0 heterocycles. The van der Waals surface area contributed by atoms with Gasteiger partial charge in [-0.1, -0.05) is 20.3 Å². The average Bonchev–Trinajstić information content (AvgIpc) is 2.80. The van der Waals surface area contributed by atoms with Gasteiger partial charge in [-0.2, -0.15) is 11.8 Å². The molecule has 0 bridgehead atoms. The summed E-state index contributed by atoms with van der Waals surface area (Å²) < 4.78 is 0. The summed E-state index contributed by atoms with van der Waals surface area (Å²) >= 11 is 1.50. The Hall–Kier alpha value is -2.58. The van der Waals surface area contributed by atoms with Crippen LogP contribution in [0.3, 0.4) is 0 Å². The molecule has 0 rings (SSSR count). The number of hydrogen-bond acceptors (Lipinski definition) is 8. The fraction of sp³-hybridized carbons (Fsp3) is 0.773. The van der Waals surface area contributed by atoms with E-state index >= 15 is 0 Å². The molecule has 0 aliphatic heterocycles. The number of nitrogens with zero attached hydrogens (tertiary/aromatic N) is 1. The van der Waals surface area contributed by atoms with Crippen molar-refractivity contribution in [2.45, 2.75) is 76.5 Å². The van der Waals surface area contributed by atoms with Crippen LogP contribution in [0.2, 0.25) is 0 Å². The molecule has 0 radical (unpaired) electrons. The minimum atomic E-state index is -1.18. The first kappa shape index (κ1) is 33.4. The highest BCUT2D eigenvalue weighted by Gasteiger charge is 2.31.